The van der Waals surface area contributed by atoms with Gasteiger partial charge in [0.2, 0.25) is 0 Å². The first-order valence-electron chi connectivity index (χ1n) is 6.03. The Morgan fingerprint density at radius 1 is 1.11 bits per heavy atom. The standard InChI is InChI=1S/C15H13N3O/c1-18-14-9-5-8-13(12(14)10-16-18)17-15(19)11-6-3-2-4-7-11/h2-10H,1H3,(H,17,19). The minimum atomic E-state index is -0.114. The number of carbonyl (C=O) groups is 1. The van der Waals surface area contributed by atoms with Crippen LogP contribution in [-0.2, 0) is 7.05 Å². The van der Waals surface area contributed by atoms with Crippen molar-refractivity contribution in [3.63, 3.8) is 0 Å². The maximum Gasteiger partial charge on any atom is 0.255 e. The highest BCUT2D eigenvalue weighted by atomic mass is 16.1. The van der Waals surface area contributed by atoms with Gasteiger partial charge in [0.1, 0.15) is 0 Å². The molecular weight excluding hydrogens is 238 g/mol. The summed E-state index contributed by atoms with van der Waals surface area (Å²) in [6.45, 7) is 0. The number of benzene rings is 2. The van der Waals surface area contributed by atoms with E-state index in [0.29, 0.717) is 5.56 Å². The first-order chi connectivity index (χ1) is 9.25. The summed E-state index contributed by atoms with van der Waals surface area (Å²) in [6, 6.07) is 14.9. The molecule has 0 aliphatic rings. The Labute approximate surface area is 110 Å². The van der Waals surface area contributed by atoms with E-state index in [9.17, 15) is 4.79 Å². The Bertz CT molecular complexity index is 731. The molecule has 0 radical (unpaired) electrons. The Kier molecular flexibility index (Phi) is 2.76. The highest BCUT2D eigenvalue weighted by molar-refractivity contribution is 6.08. The van der Waals surface area contributed by atoms with Crippen LogP contribution < -0.4 is 5.32 Å². The predicted octanol–water partition coefficient (Wildman–Crippen LogP) is 2.83. The van der Waals surface area contributed by atoms with Crippen molar-refractivity contribution >= 4 is 22.5 Å². The zero-order valence-corrected chi connectivity index (χ0v) is 10.5. The third-order valence-electron chi connectivity index (χ3n) is 3.08. The minimum Gasteiger partial charge on any atom is -0.321 e. The summed E-state index contributed by atoms with van der Waals surface area (Å²) in [4.78, 5) is 12.1. The molecule has 1 amide bonds. The monoisotopic (exact) mass is 251 g/mol. The Hall–Kier alpha value is -2.62. The first-order valence-corrected chi connectivity index (χ1v) is 6.03. The SMILES string of the molecule is Cn1ncc2c(NC(=O)c3ccccc3)cccc21. The molecule has 1 N–H and O–H groups in total. The molecule has 1 aromatic heterocycles. The van der Waals surface area contributed by atoms with Crippen LogP contribution >= 0.6 is 0 Å². The molecule has 19 heavy (non-hydrogen) atoms. The van der Waals surface area contributed by atoms with Gasteiger partial charge in [-0.3, -0.25) is 9.48 Å². The molecule has 0 aliphatic carbocycles. The number of amides is 1. The summed E-state index contributed by atoms with van der Waals surface area (Å²) >= 11 is 0. The lowest BCUT2D eigenvalue weighted by atomic mass is 10.2. The van der Waals surface area contributed by atoms with Crippen LogP contribution in [0.25, 0.3) is 10.9 Å². The van der Waals surface area contributed by atoms with Gasteiger partial charge in [0.25, 0.3) is 5.91 Å². The summed E-state index contributed by atoms with van der Waals surface area (Å²) in [5.74, 6) is -0.114. The quantitative estimate of drug-likeness (QED) is 0.761. The number of hydrogen-bond donors (Lipinski definition) is 1. The van der Waals surface area contributed by atoms with Crippen molar-refractivity contribution in [1.29, 1.82) is 0 Å². The van der Waals surface area contributed by atoms with Gasteiger partial charge in [0.05, 0.1) is 17.4 Å². The Morgan fingerprint density at radius 3 is 2.68 bits per heavy atom. The van der Waals surface area contributed by atoms with Crippen LogP contribution in [0, 0.1) is 0 Å². The largest absolute Gasteiger partial charge is 0.321 e. The normalized spacial score (nSPS) is 10.6. The van der Waals surface area contributed by atoms with Crippen molar-refractivity contribution in [1.82, 2.24) is 9.78 Å². The van der Waals surface area contributed by atoms with E-state index in [-0.39, 0.29) is 5.91 Å². The zero-order chi connectivity index (χ0) is 13.2. The number of aromatic nitrogens is 2. The smallest absolute Gasteiger partial charge is 0.255 e. The Morgan fingerprint density at radius 2 is 1.89 bits per heavy atom. The van der Waals surface area contributed by atoms with Crippen LogP contribution in [-0.4, -0.2) is 15.7 Å². The predicted molar refractivity (Wildman–Crippen MR) is 75.1 cm³/mol. The first kappa shape index (κ1) is 11.5. The molecule has 3 rings (SSSR count). The molecule has 2 aromatic carbocycles. The molecule has 0 saturated carbocycles. The average molecular weight is 251 g/mol. The molecule has 0 bridgehead atoms. The molecule has 3 aromatic rings. The average Bonchev–Trinajstić information content (AvgIpc) is 2.83. The molecule has 0 unspecified atom stereocenters. The van der Waals surface area contributed by atoms with Gasteiger partial charge in [0, 0.05) is 18.0 Å². The minimum absolute atomic E-state index is 0.114. The number of rotatable bonds is 2. The van der Waals surface area contributed by atoms with E-state index in [2.05, 4.69) is 10.4 Å². The van der Waals surface area contributed by atoms with Crippen molar-refractivity contribution < 1.29 is 4.79 Å². The van der Waals surface area contributed by atoms with Crippen LogP contribution in [0.1, 0.15) is 10.4 Å². The number of fused-ring (bicyclic) bond motifs is 1. The van der Waals surface area contributed by atoms with Gasteiger partial charge in [-0.25, -0.2) is 0 Å². The van der Waals surface area contributed by atoms with Crippen molar-refractivity contribution in [2.24, 2.45) is 7.05 Å². The van der Waals surface area contributed by atoms with Crippen LogP contribution in [0.5, 0.6) is 0 Å². The highest BCUT2D eigenvalue weighted by Gasteiger charge is 2.09. The van der Waals surface area contributed by atoms with Crippen molar-refractivity contribution in [2.45, 2.75) is 0 Å². The molecule has 4 nitrogen and oxygen atoms in total. The number of aryl methyl sites for hydroxylation is 1. The van der Waals surface area contributed by atoms with Gasteiger partial charge in [-0.05, 0) is 24.3 Å². The molecule has 0 spiro atoms. The molecule has 1 heterocycles. The number of carbonyl (C=O) groups excluding carboxylic acids is 1. The maximum atomic E-state index is 12.1. The van der Waals surface area contributed by atoms with Crippen molar-refractivity contribution in [3.05, 3.63) is 60.3 Å². The molecule has 0 saturated heterocycles. The van der Waals surface area contributed by atoms with Crippen LogP contribution in [0.15, 0.2) is 54.7 Å². The third kappa shape index (κ3) is 2.08. The van der Waals surface area contributed by atoms with Gasteiger partial charge in [0.15, 0.2) is 0 Å². The van der Waals surface area contributed by atoms with E-state index in [1.807, 2.05) is 43.4 Å². The highest BCUT2D eigenvalue weighted by Crippen LogP contribution is 2.22. The third-order valence-corrected chi connectivity index (χ3v) is 3.08. The second-order valence-corrected chi connectivity index (χ2v) is 4.33. The second kappa shape index (κ2) is 4.57. The van der Waals surface area contributed by atoms with Gasteiger partial charge >= 0.3 is 0 Å². The van der Waals surface area contributed by atoms with Gasteiger partial charge < -0.3 is 5.32 Å². The molecule has 0 atom stereocenters. The van der Waals surface area contributed by atoms with E-state index in [1.54, 1.807) is 23.0 Å². The summed E-state index contributed by atoms with van der Waals surface area (Å²) in [7, 11) is 1.88. The lowest BCUT2D eigenvalue weighted by Crippen LogP contribution is -2.11. The number of anilines is 1. The lowest BCUT2D eigenvalue weighted by Gasteiger charge is -2.06. The fourth-order valence-corrected chi connectivity index (χ4v) is 2.07. The van der Waals surface area contributed by atoms with E-state index in [0.717, 1.165) is 16.6 Å². The number of hydrogen-bond acceptors (Lipinski definition) is 2. The van der Waals surface area contributed by atoms with E-state index >= 15 is 0 Å². The topological polar surface area (TPSA) is 46.9 Å². The van der Waals surface area contributed by atoms with Crippen LogP contribution in [0.3, 0.4) is 0 Å². The number of nitrogens with zero attached hydrogens (tertiary/aromatic N) is 2. The van der Waals surface area contributed by atoms with E-state index < -0.39 is 0 Å². The molecule has 94 valence electrons. The van der Waals surface area contributed by atoms with E-state index in [4.69, 9.17) is 0 Å². The van der Waals surface area contributed by atoms with Crippen molar-refractivity contribution in [2.75, 3.05) is 5.32 Å². The van der Waals surface area contributed by atoms with Gasteiger partial charge in [-0.15, -0.1) is 0 Å². The van der Waals surface area contributed by atoms with Crippen LogP contribution in [0.4, 0.5) is 5.69 Å². The van der Waals surface area contributed by atoms with Gasteiger partial charge in [-0.2, -0.15) is 5.10 Å². The molecule has 4 heteroatoms. The zero-order valence-electron chi connectivity index (χ0n) is 10.5. The number of nitrogens with one attached hydrogen (secondary N) is 1. The summed E-state index contributed by atoms with van der Waals surface area (Å²) < 4.78 is 1.79. The van der Waals surface area contributed by atoms with E-state index in [1.165, 1.54) is 0 Å². The fourth-order valence-electron chi connectivity index (χ4n) is 2.07. The maximum absolute atomic E-state index is 12.1. The molecular formula is C15H13N3O. The lowest BCUT2D eigenvalue weighted by molar-refractivity contribution is 0.102. The Balaban J connectivity index is 1.96. The second-order valence-electron chi connectivity index (χ2n) is 4.33. The molecule has 0 fully saturated rings. The summed E-state index contributed by atoms with van der Waals surface area (Å²) in [5, 5.41) is 8.06. The summed E-state index contributed by atoms with van der Waals surface area (Å²) in [5.41, 5.74) is 2.41. The molecule has 0 aliphatic heterocycles. The van der Waals surface area contributed by atoms with Crippen LogP contribution in [0.2, 0.25) is 0 Å². The fraction of sp³-hybridized carbons (Fsp3) is 0.0667. The summed E-state index contributed by atoms with van der Waals surface area (Å²) in [6.07, 6.45) is 1.76. The van der Waals surface area contributed by atoms with Gasteiger partial charge in [-0.1, -0.05) is 24.3 Å². The van der Waals surface area contributed by atoms with Crippen molar-refractivity contribution in [3.8, 4) is 0 Å².